The Morgan fingerprint density at radius 3 is 2.57 bits per heavy atom. The maximum Gasteiger partial charge on any atom is 0.253 e. The van der Waals surface area contributed by atoms with Crippen LogP contribution in [-0.2, 0) is 6.54 Å². The summed E-state index contributed by atoms with van der Waals surface area (Å²) in [6, 6.07) is 5.46. The minimum atomic E-state index is -0.249. The lowest BCUT2D eigenvalue weighted by atomic mass is 9.92. The molecule has 0 spiro atoms. The summed E-state index contributed by atoms with van der Waals surface area (Å²) in [5.74, 6) is -0.249. The van der Waals surface area contributed by atoms with E-state index in [-0.39, 0.29) is 23.6 Å². The Bertz CT molecular complexity index is 1020. The highest BCUT2D eigenvalue weighted by molar-refractivity contribution is 6.31. The van der Waals surface area contributed by atoms with E-state index in [9.17, 15) is 9.59 Å². The van der Waals surface area contributed by atoms with Crippen molar-refractivity contribution in [1.82, 2.24) is 10.3 Å². The first kappa shape index (κ1) is 22.2. The van der Waals surface area contributed by atoms with E-state index in [4.69, 9.17) is 11.6 Å². The molecular weight excluding hydrogens is 398 g/mol. The number of aromatic amines is 1. The van der Waals surface area contributed by atoms with Crippen molar-refractivity contribution in [2.24, 2.45) is 0 Å². The van der Waals surface area contributed by atoms with Gasteiger partial charge in [-0.1, -0.05) is 30.5 Å². The average molecular weight is 428 g/mol. The molecule has 0 bridgehead atoms. The predicted octanol–water partition coefficient (Wildman–Crippen LogP) is 5.18. The summed E-state index contributed by atoms with van der Waals surface area (Å²) in [4.78, 5) is 28.0. The van der Waals surface area contributed by atoms with E-state index in [2.05, 4.69) is 22.2 Å². The molecule has 1 heterocycles. The van der Waals surface area contributed by atoms with E-state index in [1.54, 1.807) is 6.07 Å². The van der Waals surface area contributed by atoms with Gasteiger partial charge in [0.15, 0.2) is 0 Å². The zero-order valence-corrected chi connectivity index (χ0v) is 18.7. The summed E-state index contributed by atoms with van der Waals surface area (Å²) < 4.78 is 0. The summed E-state index contributed by atoms with van der Waals surface area (Å²) >= 11 is 6.36. The maximum atomic E-state index is 12.9. The fourth-order valence-electron chi connectivity index (χ4n) is 4.40. The van der Waals surface area contributed by atoms with Crippen molar-refractivity contribution < 1.29 is 4.79 Å². The minimum Gasteiger partial charge on any atom is -0.379 e. The van der Waals surface area contributed by atoms with Crippen LogP contribution in [0.3, 0.4) is 0 Å². The third-order valence-electron chi connectivity index (χ3n) is 6.03. The molecule has 2 aromatic rings. The van der Waals surface area contributed by atoms with Gasteiger partial charge in [0.05, 0.1) is 0 Å². The van der Waals surface area contributed by atoms with Gasteiger partial charge in [0.1, 0.15) is 0 Å². The smallest absolute Gasteiger partial charge is 0.253 e. The van der Waals surface area contributed by atoms with Crippen LogP contribution in [0.5, 0.6) is 0 Å². The standard InChI is InChI=1S/C24H30ClN3O2/c1-5-8-24(9-6-7-10-24)28-21-13-18(25)12-19(17(21)4)22(29)26-14-20-15(2)11-16(3)27-23(20)30/h5,11-13,28H,1,6-10,14H2,2-4H3,(H,26,29)(H,27,30). The van der Waals surface area contributed by atoms with Gasteiger partial charge in [-0.25, -0.2) is 0 Å². The largest absolute Gasteiger partial charge is 0.379 e. The predicted molar refractivity (Wildman–Crippen MR) is 124 cm³/mol. The number of aryl methyl sites for hydroxylation is 2. The van der Waals surface area contributed by atoms with Crippen LogP contribution >= 0.6 is 11.6 Å². The Hall–Kier alpha value is -2.53. The highest BCUT2D eigenvalue weighted by Crippen LogP contribution is 2.38. The Balaban J connectivity index is 1.83. The second kappa shape index (κ2) is 9.09. The molecule has 3 rings (SSSR count). The number of amides is 1. The molecule has 30 heavy (non-hydrogen) atoms. The molecule has 0 atom stereocenters. The van der Waals surface area contributed by atoms with Gasteiger partial charge in [0, 0.05) is 39.6 Å². The minimum absolute atomic E-state index is 0.0305. The molecule has 3 N–H and O–H groups in total. The summed E-state index contributed by atoms with van der Waals surface area (Å²) in [5, 5.41) is 7.05. The number of aromatic nitrogens is 1. The van der Waals surface area contributed by atoms with Crippen LogP contribution in [0, 0.1) is 20.8 Å². The fraction of sp³-hybridized carbons (Fsp3) is 0.417. The Kier molecular flexibility index (Phi) is 6.71. The lowest BCUT2D eigenvalue weighted by Gasteiger charge is -2.32. The number of pyridine rings is 1. The van der Waals surface area contributed by atoms with Crippen molar-refractivity contribution in [1.29, 1.82) is 0 Å². The molecule has 0 radical (unpaired) electrons. The number of H-pyrrole nitrogens is 1. The van der Waals surface area contributed by atoms with E-state index in [0.717, 1.165) is 41.8 Å². The fourth-order valence-corrected chi connectivity index (χ4v) is 4.62. The van der Waals surface area contributed by atoms with Gasteiger partial charge in [-0.2, -0.15) is 0 Å². The normalized spacial score (nSPS) is 15.1. The van der Waals surface area contributed by atoms with Gasteiger partial charge in [0.25, 0.3) is 11.5 Å². The molecule has 6 heteroatoms. The molecule has 0 unspecified atom stereocenters. The van der Waals surface area contributed by atoms with Crippen LogP contribution in [-0.4, -0.2) is 16.4 Å². The van der Waals surface area contributed by atoms with Crippen LogP contribution in [0.4, 0.5) is 5.69 Å². The molecule has 1 fully saturated rings. The Morgan fingerprint density at radius 2 is 1.93 bits per heavy atom. The van der Waals surface area contributed by atoms with E-state index >= 15 is 0 Å². The lowest BCUT2D eigenvalue weighted by Crippen LogP contribution is -2.35. The molecule has 1 aromatic heterocycles. The van der Waals surface area contributed by atoms with Crippen molar-refractivity contribution >= 4 is 23.2 Å². The number of nitrogens with one attached hydrogen (secondary N) is 3. The molecule has 5 nitrogen and oxygen atoms in total. The first-order chi connectivity index (χ1) is 14.2. The van der Waals surface area contributed by atoms with E-state index in [1.165, 1.54) is 12.8 Å². The second-order valence-electron chi connectivity index (χ2n) is 8.36. The summed E-state index contributed by atoms with van der Waals surface area (Å²) in [7, 11) is 0. The second-order valence-corrected chi connectivity index (χ2v) is 8.79. The molecule has 1 aliphatic rings. The third-order valence-corrected chi connectivity index (χ3v) is 6.25. The SMILES string of the molecule is C=CCC1(Nc2cc(Cl)cc(C(=O)NCc3c(C)cc(C)[nH]c3=O)c2C)CCCC1. The topological polar surface area (TPSA) is 74.0 Å². The van der Waals surface area contributed by atoms with Crippen LogP contribution in [0.1, 0.15) is 64.8 Å². The van der Waals surface area contributed by atoms with E-state index < -0.39 is 0 Å². The van der Waals surface area contributed by atoms with Gasteiger partial charge >= 0.3 is 0 Å². The highest BCUT2D eigenvalue weighted by Gasteiger charge is 2.33. The Labute approximate surface area is 182 Å². The highest BCUT2D eigenvalue weighted by atomic mass is 35.5. The third kappa shape index (κ3) is 4.78. The number of halogens is 1. The number of benzene rings is 1. The van der Waals surface area contributed by atoms with Crippen molar-refractivity contribution in [3.8, 4) is 0 Å². The van der Waals surface area contributed by atoms with E-state index in [1.807, 2.05) is 39.0 Å². The average Bonchev–Trinajstić information content (AvgIpc) is 3.11. The van der Waals surface area contributed by atoms with Crippen molar-refractivity contribution in [3.05, 3.63) is 74.2 Å². The summed E-state index contributed by atoms with van der Waals surface area (Å²) in [6.45, 7) is 9.71. The molecule has 1 saturated carbocycles. The van der Waals surface area contributed by atoms with Crippen LogP contribution in [0.2, 0.25) is 5.02 Å². The maximum absolute atomic E-state index is 12.9. The number of hydrogen-bond donors (Lipinski definition) is 3. The molecule has 160 valence electrons. The van der Waals surface area contributed by atoms with Gasteiger partial charge in [-0.15, -0.1) is 6.58 Å². The lowest BCUT2D eigenvalue weighted by molar-refractivity contribution is 0.0950. The molecule has 1 amide bonds. The van der Waals surface area contributed by atoms with Crippen molar-refractivity contribution in [3.63, 3.8) is 0 Å². The molecule has 1 aromatic carbocycles. The molecule has 1 aliphatic carbocycles. The Morgan fingerprint density at radius 1 is 1.23 bits per heavy atom. The van der Waals surface area contributed by atoms with Crippen LogP contribution in [0.25, 0.3) is 0 Å². The first-order valence-electron chi connectivity index (χ1n) is 10.4. The van der Waals surface area contributed by atoms with Gasteiger partial charge in [-0.3, -0.25) is 9.59 Å². The number of rotatable bonds is 7. The molecule has 0 saturated heterocycles. The number of hydrogen-bond acceptors (Lipinski definition) is 3. The number of anilines is 1. The zero-order chi connectivity index (χ0) is 21.9. The monoisotopic (exact) mass is 427 g/mol. The first-order valence-corrected chi connectivity index (χ1v) is 10.8. The van der Waals surface area contributed by atoms with E-state index in [0.29, 0.717) is 16.1 Å². The van der Waals surface area contributed by atoms with Gasteiger partial charge in [0.2, 0.25) is 0 Å². The number of carbonyl (C=O) groups excluding carboxylic acids is 1. The van der Waals surface area contributed by atoms with Gasteiger partial charge < -0.3 is 15.6 Å². The zero-order valence-electron chi connectivity index (χ0n) is 18.0. The molecular formula is C24H30ClN3O2. The van der Waals surface area contributed by atoms with Crippen LogP contribution in [0.15, 0.2) is 35.6 Å². The van der Waals surface area contributed by atoms with Crippen LogP contribution < -0.4 is 16.2 Å². The summed E-state index contributed by atoms with van der Waals surface area (Å²) in [5.41, 5.74) is 4.25. The molecule has 0 aliphatic heterocycles. The van der Waals surface area contributed by atoms with Gasteiger partial charge in [-0.05, 0) is 69.4 Å². The van der Waals surface area contributed by atoms with Crippen molar-refractivity contribution in [2.45, 2.75) is 65.0 Å². The van der Waals surface area contributed by atoms with Crippen molar-refractivity contribution in [2.75, 3.05) is 5.32 Å². The summed E-state index contributed by atoms with van der Waals surface area (Å²) in [6.07, 6.45) is 7.32. The quantitative estimate of drug-likeness (QED) is 0.532. The number of carbonyl (C=O) groups is 1.